The summed E-state index contributed by atoms with van der Waals surface area (Å²) in [7, 11) is 1.83. The summed E-state index contributed by atoms with van der Waals surface area (Å²) < 4.78 is 0. The molecule has 0 radical (unpaired) electrons. The molecule has 1 aromatic heterocycles. The van der Waals surface area contributed by atoms with Gasteiger partial charge in [-0.15, -0.1) is 11.3 Å². The Hall–Kier alpha value is -3.15. The lowest BCUT2D eigenvalue weighted by atomic mass is 10.0. The second kappa shape index (κ2) is 5.92. The Labute approximate surface area is 138 Å². The van der Waals surface area contributed by atoms with E-state index in [9.17, 15) is 4.79 Å². The van der Waals surface area contributed by atoms with Crippen LogP contribution in [0.15, 0.2) is 47.8 Å². The Balaban J connectivity index is 2.24. The predicted octanol–water partition coefficient (Wildman–Crippen LogP) is 4.58. The van der Waals surface area contributed by atoms with Gasteiger partial charge in [0.1, 0.15) is 13.1 Å². The number of thiophene rings is 1. The number of Topliss-reactive ketones (excluding diaryl/α,β-unsaturated/α-hetero) is 1. The SMILES string of the molecule is [C-]#[N+]C([N+]#[C-])=C1/C(=C\c2ccc(NC)s2)C(=O)c2ccccc21. The molecule has 0 amide bonds. The van der Waals surface area contributed by atoms with Crippen LogP contribution in [0.5, 0.6) is 0 Å². The molecule has 1 heterocycles. The van der Waals surface area contributed by atoms with Crippen molar-refractivity contribution in [2.45, 2.75) is 0 Å². The number of nitrogens with zero attached hydrogens (tertiary/aromatic N) is 2. The summed E-state index contributed by atoms with van der Waals surface area (Å²) in [5, 5.41) is 4.04. The molecule has 0 atom stereocenters. The molecule has 4 nitrogen and oxygen atoms in total. The fraction of sp³-hybridized carbons (Fsp3) is 0.0556. The maximum absolute atomic E-state index is 12.7. The van der Waals surface area contributed by atoms with E-state index in [2.05, 4.69) is 15.0 Å². The van der Waals surface area contributed by atoms with Crippen molar-refractivity contribution in [1.29, 1.82) is 0 Å². The van der Waals surface area contributed by atoms with Crippen LogP contribution in [0.3, 0.4) is 0 Å². The summed E-state index contributed by atoms with van der Waals surface area (Å²) >= 11 is 1.51. The molecule has 1 aromatic carbocycles. The number of carbonyl (C=O) groups excluding carboxylic acids is 1. The van der Waals surface area contributed by atoms with Crippen molar-refractivity contribution in [3.8, 4) is 0 Å². The lowest BCUT2D eigenvalue weighted by Crippen LogP contribution is -1.94. The molecule has 0 unspecified atom stereocenters. The predicted molar refractivity (Wildman–Crippen MR) is 92.7 cm³/mol. The summed E-state index contributed by atoms with van der Waals surface area (Å²) in [6, 6.07) is 11.0. The number of allylic oxidation sites excluding steroid dienone is 2. The van der Waals surface area contributed by atoms with E-state index in [0.717, 1.165) is 9.88 Å². The number of hydrogen-bond acceptors (Lipinski definition) is 3. The van der Waals surface area contributed by atoms with Crippen LogP contribution in [0.25, 0.3) is 21.3 Å². The van der Waals surface area contributed by atoms with Gasteiger partial charge in [-0.3, -0.25) is 4.79 Å². The Bertz CT molecular complexity index is 935. The first-order valence-electron chi connectivity index (χ1n) is 6.82. The summed E-state index contributed by atoms with van der Waals surface area (Å²) in [6.45, 7) is 14.5. The van der Waals surface area contributed by atoms with Crippen LogP contribution in [-0.2, 0) is 0 Å². The van der Waals surface area contributed by atoms with Crippen LogP contribution in [0, 0.1) is 13.1 Å². The fourth-order valence-electron chi connectivity index (χ4n) is 2.53. The highest BCUT2D eigenvalue weighted by Gasteiger charge is 2.35. The van der Waals surface area contributed by atoms with Gasteiger partial charge in [0, 0.05) is 23.1 Å². The smallest absolute Gasteiger partial charge is 0.380 e. The lowest BCUT2D eigenvalue weighted by Gasteiger charge is -1.97. The molecule has 110 valence electrons. The van der Waals surface area contributed by atoms with Crippen LogP contribution in [-0.4, -0.2) is 12.8 Å². The van der Waals surface area contributed by atoms with E-state index in [1.807, 2.05) is 25.2 Å². The lowest BCUT2D eigenvalue weighted by molar-refractivity contribution is 0.104. The number of hydrogen-bond donors (Lipinski definition) is 1. The van der Waals surface area contributed by atoms with Crippen LogP contribution in [0.2, 0.25) is 0 Å². The molecule has 0 saturated carbocycles. The van der Waals surface area contributed by atoms with Crippen LogP contribution >= 0.6 is 11.3 Å². The van der Waals surface area contributed by atoms with Crippen LogP contribution in [0.4, 0.5) is 5.00 Å². The Morgan fingerprint density at radius 2 is 1.83 bits per heavy atom. The normalized spacial score (nSPS) is 14.3. The van der Waals surface area contributed by atoms with Gasteiger partial charge in [0.15, 0.2) is 5.78 Å². The molecular weight excluding hydrogens is 306 g/mol. The highest BCUT2D eigenvalue weighted by molar-refractivity contribution is 7.16. The minimum Gasteiger partial charge on any atom is -0.380 e. The maximum Gasteiger partial charge on any atom is 0.528 e. The first-order valence-corrected chi connectivity index (χ1v) is 7.64. The highest BCUT2D eigenvalue weighted by Crippen LogP contribution is 2.41. The number of ketones is 1. The van der Waals surface area contributed by atoms with Crippen molar-refractivity contribution < 1.29 is 4.79 Å². The van der Waals surface area contributed by atoms with Crippen molar-refractivity contribution in [3.05, 3.63) is 86.6 Å². The molecule has 0 aliphatic heterocycles. The van der Waals surface area contributed by atoms with Gasteiger partial charge in [-0.05, 0) is 23.8 Å². The summed E-state index contributed by atoms with van der Waals surface area (Å²) in [6.07, 6.45) is 1.76. The third-order valence-electron chi connectivity index (χ3n) is 3.55. The molecule has 2 aromatic rings. The Kier molecular flexibility index (Phi) is 3.80. The molecule has 1 N–H and O–H groups in total. The van der Waals surface area contributed by atoms with Crippen LogP contribution < -0.4 is 5.32 Å². The number of benzene rings is 1. The average molecular weight is 317 g/mol. The molecule has 3 rings (SSSR count). The van der Waals surface area contributed by atoms with Gasteiger partial charge in [0.2, 0.25) is 0 Å². The van der Waals surface area contributed by atoms with Crippen molar-refractivity contribution >= 4 is 33.8 Å². The molecule has 0 saturated heterocycles. The number of fused-ring (bicyclic) bond motifs is 1. The first-order chi connectivity index (χ1) is 11.2. The molecular formula is C18H11N3OS. The third kappa shape index (κ3) is 2.44. The average Bonchev–Trinajstić information content (AvgIpc) is 3.15. The van der Waals surface area contributed by atoms with Crippen molar-refractivity contribution in [1.82, 2.24) is 0 Å². The minimum atomic E-state index is -0.139. The van der Waals surface area contributed by atoms with Crippen LogP contribution in [0.1, 0.15) is 20.8 Å². The van der Waals surface area contributed by atoms with E-state index < -0.39 is 0 Å². The van der Waals surface area contributed by atoms with E-state index in [4.69, 9.17) is 13.1 Å². The Morgan fingerprint density at radius 1 is 1.13 bits per heavy atom. The number of nitrogens with one attached hydrogen (secondary N) is 1. The molecule has 1 aliphatic rings. The fourth-order valence-corrected chi connectivity index (χ4v) is 3.33. The van der Waals surface area contributed by atoms with Gasteiger partial charge in [-0.2, -0.15) is 9.69 Å². The number of anilines is 1. The quantitative estimate of drug-likeness (QED) is 0.650. The van der Waals surface area contributed by atoms with Crippen molar-refractivity contribution in [2.24, 2.45) is 0 Å². The summed E-state index contributed by atoms with van der Waals surface area (Å²) in [4.78, 5) is 20.2. The van der Waals surface area contributed by atoms with Gasteiger partial charge in [0.05, 0.1) is 10.6 Å². The Morgan fingerprint density at radius 3 is 2.43 bits per heavy atom. The monoisotopic (exact) mass is 317 g/mol. The summed E-state index contributed by atoms with van der Waals surface area (Å²) in [5.41, 5.74) is 2.06. The molecule has 5 heteroatoms. The number of carbonyl (C=O) groups is 1. The van der Waals surface area contributed by atoms with Gasteiger partial charge >= 0.3 is 5.82 Å². The zero-order valence-electron chi connectivity index (χ0n) is 12.3. The number of rotatable bonds is 2. The van der Waals surface area contributed by atoms with E-state index in [-0.39, 0.29) is 11.6 Å². The second-order valence-corrected chi connectivity index (χ2v) is 5.92. The van der Waals surface area contributed by atoms with E-state index >= 15 is 0 Å². The zero-order valence-corrected chi connectivity index (χ0v) is 13.1. The molecule has 0 fully saturated rings. The van der Waals surface area contributed by atoms with Gasteiger partial charge < -0.3 is 5.32 Å². The molecule has 0 bridgehead atoms. The molecule has 0 spiro atoms. The summed E-state index contributed by atoms with van der Waals surface area (Å²) in [5.74, 6) is -0.209. The second-order valence-electron chi connectivity index (χ2n) is 4.81. The first kappa shape index (κ1) is 14.8. The van der Waals surface area contributed by atoms with Gasteiger partial charge in [-0.25, -0.2) is 0 Å². The van der Waals surface area contributed by atoms with Gasteiger partial charge in [-0.1, -0.05) is 24.3 Å². The van der Waals surface area contributed by atoms with Crippen molar-refractivity contribution in [2.75, 3.05) is 12.4 Å². The van der Waals surface area contributed by atoms with E-state index in [1.54, 1.807) is 24.3 Å². The largest absolute Gasteiger partial charge is 0.528 e. The molecule has 23 heavy (non-hydrogen) atoms. The minimum absolute atomic E-state index is 0.0695. The standard InChI is InChI=1S/C18H11N3OS/c1-19-15-9-8-11(23-15)10-14-16(18(20-2)21-3)12-6-4-5-7-13(12)17(14)22/h4-10,19H,1H3/b14-10+. The van der Waals surface area contributed by atoms with E-state index in [0.29, 0.717) is 22.3 Å². The van der Waals surface area contributed by atoms with E-state index in [1.165, 1.54) is 11.3 Å². The topological polar surface area (TPSA) is 37.8 Å². The third-order valence-corrected chi connectivity index (χ3v) is 4.60. The maximum atomic E-state index is 12.7. The molecule has 1 aliphatic carbocycles. The van der Waals surface area contributed by atoms with Gasteiger partial charge in [0.25, 0.3) is 0 Å². The van der Waals surface area contributed by atoms with Crippen molar-refractivity contribution in [3.63, 3.8) is 0 Å². The highest BCUT2D eigenvalue weighted by atomic mass is 32.1. The zero-order chi connectivity index (χ0) is 16.4.